The molecule has 0 fully saturated rings. The quantitative estimate of drug-likeness (QED) is 0.101. The van der Waals surface area contributed by atoms with E-state index in [4.69, 9.17) is 19.4 Å². The molecule has 10 aromatic rings. The van der Waals surface area contributed by atoms with E-state index in [0.29, 0.717) is 5.92 Å². The summed E-state index contributed by atoms with van der Waals surface area (Å²) in [5.74, 6) is 9.25. The number of para-hydroxylation sites is 1. The van der Waals surface area contributed by atoms with Crippen molar-refractivity contribution in [3.8, 4) is 50.7 Å². The number of imidazole rings is 1. The second-order valence-corrected chi connectivity index (χ2v) is 30.0. The van der Waals surface area contributed by atoms with E-state index < -0.39 is 13.3 Å². The molecule has 1 radical (unpaired) electrons. The van der Waals surface area contributed by atoms with Crippen molar-refractivity contribution in [3.63, 3.8) is 0 Å². The summed E-state index contributed by atoms with van der Waals surface area (Å²) in [6.07, 6.45) is 3.27. The van der Waals surface area contributed by atoms with Crippen LogP contribution in [0.4, 0.5) is 0 Å². The Labute approximate surface area is 412 Å². The van der Waals surface area contributed by atoms with Crippen LogP contribution in [0.1, 0.15) is 70.1 Å². The SMILES string of the molecule is CC(C)Cc1cc(-c2[c-]cccc2)nc[c]1[Ge]([CH3])([CH3])[CH3].CC(C)c1cc(-c2ccccc2)cc(C(C)C)c1-n1c(-c2[c-]ccc3c2oc2ccccc23)nc2ccc(-c3ccccc3)nc21.[Ir]. The van der Waals surface area contributed by atoms with Gasteiger partial charge in [0.1, 0.15) is 5.58 Å². The van der Waals surface area contributed by atoms with Gasteiger partial charge in [-0.3, -0.25) is 4.98 Å². The maximum atomic E-state index is 6.55. The molecule has 0 unspecified atom stereocenters. The van der Waals surface area contributed by atoms with Gasteiger partial charge in [0.05, 0.1) is 22.6 Å². The molecule has 5 nitrogen and oxygen atoms in total. The van der Waals surface area contributed by atoms with Crippen molar-refractivity contribution in [1.29, 1.82) is 0 Å². The Morgan fingerprint density at radius 1 is 0.612 bits per heavy atom. The van der Waals surface area contributed by atoms with E-state index in [1.54, 1.807) is 4.40 Å². The minimum Gasteiger partial charge on any atom is -0.501 e. The predicted molar refractivity (Wildman–Crippen MR) is 279 cm³/mol. The van der Waals surface area contributed by atoms with Crippen LogP contribution < -0.4 is 4.40 Å². The maximum absolute atomic E-state index is 6.55. The Balaban J connectivity index is 0.000000244. The molecule has 6 aromatic carbocycles. The van der Waals surface area contributed by atoms with Crippen LogP contribution in [-0.4, -0.2) is 32.8 Å². The van der Waals surface area contributed by atoms with E-state index in [0.717, 1.165) is 79.1 Å². The first-order valence-electron chi connectivity index (χ1n) is 23.3. The smallest absolute Gasteiger partial charge is 0.156 e. The van der Waals surface area contributed by atoms with Crippen LogP contribution >= 0.6 is 0 Å². The zero-order valence-corrected chi connectivity index (χ0v) is 44.5. The van der Waals surface area contributed by atoms with Crippen LogP contribution in [0.15, 0.2) is 162 Å². The molecule has 10 rings (SSSR count). The Morgan fingerprint density at radius 2 is 1.27 bits per heavy atom. The van der Waals surface area contributed by atoms with Gasteiger partial charge in [0.2, 0.25) is 0 Å². The standard InChI is InChI=1S/C42H34N3O.C18H24GeN.Ir/c1-26(2)34-24-30(28-14-7-5-8-15-28)25-35(27(3)4)39(34)45-41(33-20-13-19-32-31-18-11-12-21-38(31)46-40(32)33)44-37-23-22-36(43-42(37)45)29-16-9-6-10-17-29;1-14(2)11-16-12-18(15-9-7-6-8-10-15)20-13-17(16)19(3,4)5;/h5-19,21-27H,1-4H3;6-9,12-14H,11H2,1-5H3;/q2*-1;. The van der Waals surface area contributed by atoms with E-state index in [-0.39, 0.29) is 31.9 Å². The van der Waals surface area contributed by atoms with Crippen molar-refractivity contribution >= 4 is 50.8 Å². The van der Waals surface area contributed by atoms with Gasteiger partial charge in [-0.15, -0.1) is 18.2 Å². The van der Waals surface area contributed by atoms with Gasteiger partial charge in [0, 0.05) is 36.7 Å². The van der Waals surface area contributed by atoms with Gasteiger partial charge in [0.25, 0.3) is 0 Å². The van der Waals surface area contributed by atoms with Crippen molar-refractivity contribution in [2.75, 3.05) is 0 Å². The number of aromatic nitrogens is 4. The number of fused-ring (bicyclic) bond motifs is 4. The fraction of sp³-hybridized carbons (Fsp3) is 0.217. The Hall–Kier alpha value is -5.92. The number of furan rings is 1. The first-order chi connectivity index (χ1) is 31.9. The first kappa shape index (κ1) is 47.6. The van der Waals surface area contributed by atoms with Gasteiger partial charge in [0.15, 0.2) is 5.65 Å². The van der Waals surface area contributed by atoms with E-state index in [9.17, 15) is 0 Å². The topological polar surface area (TPSA) is 56.7 Å². The third-order valence-electron chi connectivity index (χ3n) is 12.3. The summed E-state index contributed by atoms with van der Waals surface area (Å²) >= 11 is -1.86. The fourth-order valence-corrected chi connectivity index (χ4v) is 12.4. The minimum absolute atomic E-state index is 0. The second-order valence-electron chi connectivity index (χ2n) is 19.4. The summed E-state index contributed by atoms with van der Waals surface area (Å²) in [4.78, 5) is 15.3. The van der Waals surface area contributed by atoms with Gasteiger partial charge in [-0.1, -0.05) is 118 Å². The molecule has 0 spiro atoms. The molecule has 0 aliphatic rings. The van der Waals surface area contributed by atoms with Gasteiger partial charge in [-0.2, -0.15) is 0 Å². The Bertz CT molecular complexity index is 3260. The van der Waals surface area contributed by atoms with Gasteiger partial charge < -0.3 is 8.98 Å². The molecule has 4 aromatic heterocycles. The summed E-state index contributed by atoms with van der Waals surface area (Å²) in [7, 11) is 0. The maximum Gasteiger partial charge on any atom is 0.156 e. The van der Waals surface area contributed by atoms with Crippen molar-refractivity contribution < 1.29 is 24.5 Å². The first-order valence-corrected chi connectivity index (χ1v) is 30.7. The average Bonchev–Trinajstić information content (AvgIpc) is 3.90. The normalized spacial score (nSPS) is 11.7. The summed E-state index contributed by atoms with van der Waals surface area (Å²) in [6, 6.07) is 59.3. The molecular formula is C60H58GeIrN4O-2. The van der Waals surface area contributed by atoms with Crippen molar-refractivity contribution in [1.82, 2.24) is 19.5 Å². The molecular weight excluding hydrogens is 1060 g/mol. The Morgan fingerprint density at radius 3 is 1.91 bits per heavy atom. The molecule has 67 heavy (non-hydrogen) atoms. The van der Waals surface area contributed by atoms with Crippen LogP contribution in [0.2, 0.25) is 17.3 Å². The van der Waals surface area contributed by atoms with E-state index >= 15 is 0 Å². The zero-order chi connectivity index (χ0) is 46.1. The zero-order valence-electron chi connectivity index (χ0n) is 40.0. The third kappa shape index (κ3) is 9.90. The van der Waals surface area contributed by atoms with Gasteiger partial charge in [-0.05, 0) is 64.4 Å². The van der Waals surface area contributed by atoms with Crippen molar-refractivity contribution in [2.24, 2.45) is 5.92 Å². The van der Waals surface area contributed by atoms with E-state index in [1.807, 2.05) is 42.5 Å². The molecule has 0 saturated heterocycles. The van der Waals surface area contributed by atoms with Crippen LogP contribution in [0.3, 0.4) is 0 Å². The predicted octanol–water partition coefficient (Wildman–Crippen LogP) is 15.7. The summed E-state index contributed by atoms with van der Waals surface area (Å²) < 4.78 is 10.4. The molecule has 0 amide bonds. The van der Waals surface area contributed by atoms with Crippen LogP contribution in [0, 0.1) is 18.1 Å². The van der Waals surface area contributed by atoms with E-state index in [1.165, 1.54) is 27.8 Å². The summed E-state index contributed by atoms with van der Waals surface area (Å²) in [5, 5.41) is 2.13. The molecule has 339 valence electrons. The molecule has 0 atom stereocenters. The molecule has 7 heteroatoms. The van der Waals surface area contributed by atoms with Gasteiger partial charge in [-0.25, -0.2) is 4.98 Å². The van der Waals surface area contributed by atoms with Crippen LogP contribution in [-0.2, 0) is 26.5 Å². The van der Waals surface area contributed by atoms with Crippen molar-refractivity contribution in [2.45, 2.75) is 77.1 Å². The number of hydrogen-bond donors (Lipinski definition) is 0. The number of pyridine rings is 2. The fourth-order valence-electron chi connectivity index (χ4n) is 9.06. The second kappa shape index (κ2) is 20.1. The van der Waals surface area contributed by atoms with Gasteiger partial charge >= 0.3 is 126 Å². The average molecular weight is 1120 g/mol. The molecule has 0 aliphatic heterocycles. The monoisotopic (exact) mass is 1120 g/mol. The number of nitrogens with zero attached hydrogens (tertiary/aromatic N) is 4. The molecule has 0 N–H and O–H groups in total. The largest absolute Gasteiger partial charge is 0.501 e. The molecule has 0 saturated carbocycles. The number of hydrogen-bond acceptors (Lipinski definition) is 4. The molecule has 0 bridgehead atoms. The van der Waals surface area contributed by atoms with E-state index in [2.05, 4.69) is 191 Å². The third-order valence-corrected chi connectivity index (χ3v) is 16.6. The summed E-state index contributed by atoms with van der Waals surface area (Å²) in [5.41, 5.74) is 15.7. The Kier molecular flexibility index (Phi) is 14.3. The minimum atomic E-state index is -1.86. The van der Waals surface area contributed by atoms with Crippen molar-refractivity contribution in [3.05, 3.63) is 187 Å². The summed E-state index contributed by atoms with van der Waals surface area (Å²) in [6.45, 7) is 13.6. The molecule has 0 aliphatic carbocycles. The van der Waals surface area contributed by atoms with Crippen LogP contribution in [0.25, 0.3) is 83.8 Å². The molecule has 4 heterocycles. The number of benzene rings is 6. The van der Waals surface area contributed by atoms with Crippen LogP contribution in [0.5, 0.6) is 0 Å². The number of rotatable bonds is 10.